The van der Waals surface area contributed by atoms with E-state index in [-0.39, 0.29) is 12.0 Å². The van der Waals surface area contributed by atoms with E-state index in [1.54, 1.807) is 12.3 Å². The molecule has 0 spiro atoms. The van der Waals surface area contributed by atoms with Gasteiger partial charge in [0.1, 0.15) is 11.9 Å². The van der Waals surface area contributed by atoms with Gasteiger partial charge in [-0.1, -0.05) is 26.8 Å². The second-order valence-electron chi connectivity index (χ2n) is 5.08. The fourth-order valence-corrected chi connectivity index (χ4v) is 1.42. The largest absolute Gasteiger partial charge is 0.467 e. The first kappa shape index (κ1) is 14.4. The third kappa shape index (κ3) is 3.70. The van der Waals surface area contributed by atoms with Crippen LogP contribution < -0.4 is 5.32 Å². The van der Waals surface area contributed by atoms with Crippen molar-refractivity contribution < 1.29 is 14.6 Å². The molecule has 1 aromatic rings. The maximum Gasteiger partial charge on any atom is 0.330 e. The lowest BCUT2D eigenvalue weighted by Gasteiger charge is -2.19. The van der Waals surface area contributed by atoms with Crippen molar-refractivity contribution in [3.63, 3.8) is 0 Å². The SMILES string of the molecule is COC(=O)C(CO)Nc1ccc(C(C)(C)C)cn1. The second-order valence-corrected chi connectivity index (χ2v) is 5.08. The number of rotatable bonds is 4. The predicted octanol–water partition coefficient (Wildman–Crippen LogP) is 1.32. The summed E-state index contributed by atoms with van der Waals surface area (Å²) in [4.78, 5) is 15.5. The number of aliphatic hydroxyl groups is 1. The standard InChI is InChI=1S/C13H20N2O3/c1-13(2,3)9-5-6-11(14-7-9)15-10(8-16)12(17)18-4/h5-7,10,16H,8H2,1-4H3,(H,14,15). The van der Waals surface area contributed by atoms with Gasteiger partial charge in [0, 0.05) is 6.20 Å². The number of esters is 1. The number of methoxy groups -OCH3 is 1. The lowest BCUT2D eigenvalue weighted by molar-refractivity contribution is -0.142. The Morgan fingerprint density at radius 2 is 2.17 bits per heavy atom. The van der Waals surface area contributed by atoms with Crippen LogP contribution in [0.3, 0.4) is 0 Å². The molecule has 0 aliphatic carbocycles. The highest BCUT2D eigenvalue weighted by Gasteiger charge is 2.19. The highest BCUT2D eigenvalue weighted by molar-refractivity contribution is 5.78. The van der Waals surface area contributed by atoms with Gasteiger partial charge in [0.25, 0.3) is 0 Å². The fourth-order valence-electron chi connectivity index (χ4n) is 1.42. The van der Waals surface area contributed by atoms with Crippen molar-refractivity contribution in [2.24, 2.45) is 0 Å². The third-order valence-electron chi connectivity index (χ3n) is 2.62. The topological polar surface area (TPSA) is 71.5 Å². The van der Waals surface area contributed by atoms with E-state index in [1.165, 1.54) is 7.11 Å². The number of carbonyl (C=O) groups excluding carboxylic acids is 1. The zero-order valence-electron chi connectivity index (χ0n) is 11.2. The summed E-state index contributed by atoms with van der Waals surface area (Å²) in [7, 11) is 1.28. The summed E-state index contributed by atoms with van der Waals surface area (Å²) in [5.74, 6) is 0.0200. The van der Waals surface area contributed by atoms with Crippen LogP contribution in [0.25, 0.3) is 0 Å². The predicted molar refractivity (Wildman–Crippen MR) is 69.4 cm³/mol. The minimum atomic E-state index is -0.789. The summed E-state index contributed by atoms with van der Waals surface area (Å²) in [5.41, 5.74) is 1.14. The van der Waals surface area contributed by atoms with Crippen molar-refractivity contribution in [2.75, 3.05) is 19.0 Å². The number of nitrogens with one attached hydrogen (secondary N) is 1. The molecule has 100 valence electrons. The maximum atomic E-state index is 11.3. The van der Waals surface area contributed by atoms with E-state index >= 15 is 0 Å². The number of aromatic nitrogens is 1. The van der Waals surface area contributed by atoms with Gasteiger partial charge >= 0.3 is 5.97 Å². The summed E-state index contributed by atoms with van der Waals surface area (Å²) in [6.07, 6.45) is 1.76. The van der Waals surface area contributed by atoms with Crippen LogP contribution in [0.5, 0.6) is 0 Å². The average molecular weight is 252 g/mol. The van der Waals surface area contributed by atoms with Crippen molar-refractivity contribution in [3.05, 3.63) is 23.9 Å². The normalized spacial score (nSPS) is 12.9. The first-order valence-corrected chi connectivity index (χ1v) is 5.80. The van der Waals surface area contributed by atoms with Gasteiger partial charge in [0.2, 0.25) is 0 Å². The quantitative estimate of drug-likeness (QED) is 0.791. The molecule has 0 saturated heterocycles. The number of anilines is 1. The molecule has 5 heteroatoms. The fraction of sp³-hybridized carbons (Fsp3) is 0.538. The number of carbonyl (C=O) groups is 1. The Bertz CT molecular complexity index is 396. The van der Waals surface area contributed by atoms with Gasteiger partial charge in [-0.2, -0.15) is 0 Å². The zero-order chi connectivity index (χ0) is 13.8. The molecule has 1 unspecified atom stereocenters. The molecule has 0 aliphatic heterocycles. The van der Waals surface area contributed by atoms with Crippen molar-refractivity contribution in [2.45, 2.75) is 32.2 Å². The lowest BCUT2D eigenvalue weighted by Crippen LogP contribution is -2.34. The van der Waals surface area contributed by atoms with Crippen molar-refractivity contribution in [1.29, 1.82) is 0 Å². The van der Waals surface area contributed by atoms with Crippen molar-refractivity contribution in [3.8, 4) is 0 Å². The van der Waals surface area contributed by atoms with E-state index in [9.17, 15) is 4.79 Å². The van der Waals surface area contributed by atoms with Crippen LogP contribution in [-0.4, -0.2) is 35.8 Å². The molecule has 0 amide bonds. The average Bonchev–Trinajstić information content (AvgIpc) is 2.34. The van der Waals surface area contributed by atoms with Gasteiger partial charge in [-0.3, -0.25) is 0 Å². The number of aliphatic hydroxyl groups excluding tert-OH is 1. The highest BCUT2D eigenvalue weighted by Crippen LogP contribution is 2.22. The first-order valence-electron chi connectivity index (χ1n) is 5.80. The van der Waals surface area contributed by atoms with Crippen LogP contribution in [0, 0.1) is 0 Å². The molecule has 1 heterocycles. The molecule has 0 fully saturated rings. The summed E-state index contributed by atoms with van der Waals surface area (Å²) < 4.78 is 4.56. The monoisotopic (exact) mass is 252 g/mol. The van der Waals surface area contributed by atoms with Crippen molar-refractivity contribution in [1.82, 2.24) is 4.98 Å². The lowest BCUT2D eigenvalue weighted by atomic mass is 9.88. The van der Waals surface area contributed by atoms with Gasteiger partial charge in [-0.25, -0.2) is 9.78 Å². The van der Waals surface area contributed by atoms with Gasteiger partial charge in [0.05, 0.1) is 13.7 Å². The summed E-state index contributed by atoms with van der Waals surface area (Å²) in [5, 5.41) is 11.9. The van der Waals surface area contributed by atoms with Gasteiger partial charge in [-0.05, 0) is 17.0 Å². The number of nitrogens with zero attached hydrogens (tertiary/aromatic N) is 1. The molecule has 2 N–H and O–H groups in total. The van der Waals surface area contributed by atoms with E-state index in [0.717, 1.165) is 5.56 Å². The van der Waals surface area contributed by atoms with Gasteiger partial charge < -0.3 is 15.2 Å². The number of pyridine rings is 1. The molecule has 1 rings (SSSR count). The Labute approximate surface area is 107 Å². The molecular formula is C13H20N2O3. The summed E-state index contributed by atoms with van der Waals surface area (Å²) >= 11 is 0. The number of ether oxygens (including phenoxy) is 1. The maximum absolute atomic E-state index is 11.3. The molecular weight excluding hydrogens is 232 g/mol. The molecule has 18 heavy (non-hydrogen) atoms. The van der Waals surface area contributed by atoms with Gasteiger partial charge in [0.15, 0.2) is 0 Å². The molecule has 1 atom stereocenters. The molecule has 0 aromatic carbocycles. The van der Waals surface area contributed by atoms with E-state index < -0.39 is 12.0 Å². The highest BCUT2D eigenvalue weighted by atomic mass is 16.5. The van der Waals surface area contributed by atoms with Crippen LogP contribution in [0.4, 0.5) is 5.82 Å². The van der Waals surface area contributed by atoms with E-state index in [2.05, 4.69) is 35.8 Å². The Kier molecular flexibility index (Phi) is 4.67. The Balaban J connectivity index is 2.77. The minimum absolute atomic E-state index is 0.0320. The molecule has 0 bridgehead atoms. The third-order valence-corrected chi connectivity index (χ3v) is 2.62. The number of hydrogen-bond donors (Lipinski definition) is 2. The molecule has 0 saturated carbocycles. The van der Waals surface area contributed by atoms with Crippen LogP contribution in [0.1, 0.15) is 26.3 Å². The second kappa shape index (κ2) is 5.82. The Morgan fingerprint density at radius 3 is 2.56 bits per heavy atom. The Hall–Kier alpha value is -1.62. The summed E-state index contributed by atoms with van der Waals surface area (Å²) in [6.45, 7) is 5.96. The van der Waals surface area contributed by atoms with Crippen LogP contribution in [-0.2, 0) is 14.9 Å². The molecule has 0 radical (unpaired) electrons. The number of hydrogen-bond acceptors (Lipinski definition) is 5. The zero-order valence-corrected chi connectivity index (χ0v) is 11.2. The smallest absolute Gasteiger partial charge is 0.330 e. The summed E-state index contributed by atoms with van der Waals surface area (Å²) in [6, 6.07) is 2.94. The molecule has 0 aliphatic rings. The van der Waals surface area contributed by atoms with E-state index in [0.29, 0.717) is 5.82 Å². The Morgan fingerprint density at radius 1 is 1.50 bits per heavy atom. The minimum Gasteiger partial charge on any atom is -0.467 e. The van der Waals surface area contributed by atoms with Crippen LogP contribution in [0.15, 0.2) is 18.3 Å². The van der Waals surface area contributed by atoms with E-state index in [4.69, 9.17) is 5.11 Å². The first-order chi connectivity index (χ1) is 8.38. The molecule has 5 nitrogen and oxygen atoms in total. The van der Waals surface area contributed by atoms with E-state index in [1.807, 2.05) is 6.07 Å². The van der Waals surface area contributed by atoms with Crippen LogP contribution in [0.2, 0.25) is 0 Å². The van der Waals surface area contributed by atoms with Crippen molar-refractivity contribution >= 4 is 11.8 Å². The van der Waals surface area contributed by atoms with Crippen LogP contribution >= 0.6 is 0 Å². The van der Waals surface area contributed by atoms with Gasteiger partial charge in [-0.15, -0.1) is 0 Å². The molecule has 1 aromatic heterocycles.